The summed E-state index contributed by atoms with van der Waals surface area (Å²) in [6.45, 7) is 2.02. The molecule has 2 aromatic rings. The zero-order valence-corrected chi connectivity index (χ0v) is 10.9. The van der Waals surface area contributed by atoms with Crippen LogP contribution in [0.15, 0.2) is 41.7 Å². The topological polar surface area (TPSA) is 75.1 Å². The minimum Gasteiger partial charge on any atom is -0.478 e. The van der Waals surface area contributed by atoms with Gasteiger partial charge in [-0.25, -0.2) is 9.78 Å². The minimum absolute atomic E-state index is 0.198. The lowest BCUT2D eigenvalue weighted by Gasteiger charge is -2.23. The first kappa shape index (κ1) is 12.0. The summed E-state index contributed by atoms with van der Waals surface area (Å²) in [5.41, 5.74) is 1.22. The van der Waals surface area contributed by atoms with Crippen molar-refractivity contribution < 1.29 is 9.90 Å². The maximum Gasteiger partial charge on any atom is 0.337 e. The molecule has 3 heterocycles. The molecule has 19 heavy (non-hydrogen) atoms. The first-order valence-electron chi connectivity index (χ1n) is 5.69. The summed E-state index contributed by atoms with van der Waals surface area (Å²) in [7, 11) is 0. The van der Waals surface area contributed by atoms with Crippen molar-refractivity contribution in [3.05, 3.63) is 47.9 Å². The summed E-state index contributed by atoms with van der Waals surface area (Å²) in [5.74, 6) is -0.257. The average molecular weight is 273 g/mol. The lowest BCUT2D eigenvalue weighted by molar-refractivity contribution is 0.0696. The Morgan fingerprint density at radius 1 is 1.47 bits per heavy atom. The van der Waals surface area contributed by atoms with E-state index in [-0.39, 0.29) is 10.4 Å². The van der Waals surface area contributed by atoms with Crippen molar-refractivity contribution in [3.8, 4) is 0 Å². The third-order valence-electron chi connectivity index (χ3n) is 2.98. The number of nitrogens with zero attached hydrogens (tertiary/aromatic N) is 2. The monoisotopic (exact) mass is 273 g/mol. The van der Waals surface area contributed by atoms with Crippen molar-refractivity contribution in [1.82, 2.24) is 9.97 Å². The Kier molecular flexibility index (Phi) is 2.67. The Labute approximate surface area is 114 Å². The summed E-state index contributed by atoms with van der Waals surface area (Å²) in [6.07, 6.45) is 4.88. The van der Waals surface area contributed by atoms with Crippen molar-refractivity contribution in [1.29, 1.82) is 0 Å². The second kappa shape index (κ2) is 4.24. The number of aromatic nitrogens is 2. The second-order valence-electron chi connectivity index (χ2n) is 4.38. The number of fused-ring (bicyclic) bond motifs is 1. The molecule has 96 valence electrons. The predicted molar refractivity (Wildman–Crippen MR) is 72.3 cm³/mol. The van der Waals surface area contributed by atoms with Gasteiger partial charge in [-0.15, -0.1) is 0 Å². The van der Waals surface area contributed by atoms with E-state index < -0.39 is 5.97 Å². The molecule has 0 radical (unpaired) electrons. The molecule has 0 aromatic carbocycles. The number of carbonyl (C=O) groups is 1. The number of rotatable bonds is 2. The molecule has 6 heteroatoms. The fraction of sp³-hybridized carbons (Fsp3) is 0.154. The van der Waals surface area contributed by atoms with Gasteiger partial charge in [-0.1, -0.05) is 17.8 Å². The second-order valence-corrected chi connectivity index (χ2v) is 5.84. The van der Waals surface area contributed by atoms with Crippen molar-refractivity contribution in [2.75, 3.05) is 5.32 Å². The number of hydrogen-bond acceptors (Lipinski definition) is 5. The van der Waals surface area contributed by atoms with Crippen molar-refractivity contribution in [2.24, 2.45) is 0 Å². The van der Waals surface area contributed by atoms with E-state index in [1.807, 2.05) is 19.1 Å². The number of thioether (sulfide) groups is 1. The Morgan fingerprint density at radius 2 is 2.32 bits per heavy atom. The van der Waals surface area contributed by atoms with Crippen molar-refractivity contribution in [2.45, 2.75) is 16.7 Å². The zero-order chi connectivity index (χ0) is 13.5. The third kappa shape index (κ3) is 2.04. The Balaban J connectivity index is 1.98. The molecule has 3 rings (SSSR count). The van der Waals surface area contributed by atoms with E-state index in [0.717, 1.165) is 10.5 Å². The minimum atomic E-state index is -0.967. The highest BCUT2D eigenvalue weighted by molar-refractivity contribution is 8.00. The average Bonchev–Trinajstić information content (AvgIpc) is 2.76. The molecule has 1 aliphatic heterocycles. The van der Waals surface area contributed by atoms with Gasteiger partial charge in [-0.3, -0.25) is 4.98 Å². The maximum absolute atomic E-state index is 11.0. The maximum atomic E-state index is 11.0. The van der Waals surface area contributed by atoms with E-state index in [9.17, 15) is 4.79 Å². The summed E-state index contributed by atoms with van der Waals surface area (Å²) in [6, 6.07) is 5.50. The van der Waals surface area contributed by atoms with Crippen molar-refractivity contribution >= 4 is 23.5 Å². The van der Waals surface area contributed by atoms with Crippen molar-refractivity contribution in [3.63, 3.8) is 0 Å². The van der Waals surface area contributed by atoms with Gasteiger partial charge >= 0.3 is 5.97 Å². The molecule has 2 N–H and O–H groups in total. The molecule has 1 unspecified atom stereocenters. The fourth-order valence-electron chi connectivity index (χ4n) is 1.98. The number of hydrogen-bond donors (Lipinski definition) is 2. The highest BCUT2D eigenvalue weighted by atomic mass is 32.2. The number of pyridine rings is 2. The molecule has 0 aliphatic carbocycles. The van der Waals surface area contributed by atoms with Gasteiger partial charge in [0.2, 0.25) is 0 Å². The van der Waals surface area contributed by atoms with E-state index in [1.54, 1.807) is 30.2 Å². The molecule has 2 aromatic heterocycles. The summed E-state index contributed by atoms with van der Waals surface area (Å²) < 4.78 is 0. The smallest absolute Gasteiger partial charge is 0.337 e. The Bertz CT molecular complexity index is 648. The van der Waals surface area contributed by atoms with E-state index in [2.05, 4.69) is 15.3 Å². The number of aromatic carboxylic acids is 1. The van der Waals surface area contributed by atoms with Gasteiger partial charge in [0.05, 0.1) is 10.5 Å². The van der Waals surface area contributed by atoms with Crippen LogP contribution in [0.1, 0.15) is 22.8 Å². The number of nitrogens with one attached hydrogen (secondary N) is 1. The van der Waals surface area contributed by atoms with Crippen LogP contribution in [0.2, 0.25) is 0 Å². The first-order chi connectivity index (χ1) is 9.08. The van der Waals surface area contributed by atoms with Gasteiger partial charge < -0.3 is 10.4 Å². The molecule has 5 nitrogen and oxygen atoms in total. The molecular weight excluding hydrogens is 262 g/mol. The highest BCUT2D eigenvalue weighted by Gasteiger charge is 2.36. The van der Waals surface area contributed by atoms with E-state index >= 15 is 0 Å². The summed E-state index contributed by atoms with van der Waals surface area (Å²) in [4.78, 5) is 19.7. The first-order valence-corrected chi connectivity index (χ1v) is 6.51. The summed E-state index contributed by atoms with van der Waals surface area (Å²) in [5, 5.41) is 12.3. The molecule has 1 aliphatic rings. The molecule has 0 amide bonds. The van der Waals surface area contributed by atoms with Crippen LogP contribution in [0.25, 0.3) is 0 Å². The Hall–Kier alpha value is -2.08. The summed E-state index contributed by atoms with van der Waals surface area (Å²) >= 11 is 1.55. The van der Waals surface area contributed by atoms with Crippen LogP contribution in [-0.2, 0) is 4.87 Å². The van der Waals surface area contributed by atoms with E-state index in [1.165, 1.54) is 6.20 Å². The van der Waals surface area contributed by atoms with Gasteiger partial charge in [-0.05, 0) is 19.1 Å². The molecule has 0 fully saturated rings. The number of carboxylic acid groups (broad SMARTS) is 1. The third-order valence-corrected chi connectivity index (χ3v) is 4.26. The van der Waals surface area contributed by atoms with Crippen LogP contribution in [-0.4, -0.2) is 21.0 Å². The van der Waals surface area contributed by atoms with Gasteiger partial charge in [-0.2, -0.15) is 0 Å². The SMILES string of the molecule is CC1(c2cccnc2)Nc2ncc(C(=O)O)cc2S1. The number of carboxylic acids is 1. The van der Waals surface area contributed by atoms with Crippen LogP contribution in [0, 0.1) is 0 Å². The molecule has 0 bridgehead atoms. The molecule has 0 spiro atoms. The van der Waals surface area contributed by atoms with Gasteiger partial charge in [0.25, 0.3) is 0 Å². The number of anilines is 1. The molecule has 0 saturated heterocycles. The normalized spacial score (nSPS) is 20.7. The molecule has 0 saturated carbocycles. The molecule has 1 atom stereocenters. The largest absolute Gasteiger partial charge is 0.478 e. The Morgan fingerprint density at radius 3 is 3.00 bits per heavy atom. The van der Waals surface area contributed by atoms with Crippen LogP contribution in [0.5, 0.6) is 0 Å². The van der Waals surface area contributed by atoms with Gasteiger partial charge in [0, 0.05) is 24.2 Å². The highest BCUT2D eigenvalue weighted by Crippen LogP contribution is 2.49. The quantitative estimate of drug-likeness (QED) is 0.876. The standard InChI is InChI=1S/C13H11N3O2S/c1-13(9-3-2-4-14-7-9)16-11-10(19-13)5-8(6-15-11)12(17)18/h2-7H,1H3,(H,15,16)(H,17,18). The fourth-order valence-corrected chi connectivity index (χ4v) is 3.19. The van der Waals surface area contributed by atoms with Gasteiger partial charge in [0.1, 0.15) is 10.7 Å². The van der Waals surface area contributed by atoms with E-state index in [4.69, 9.17) is 5.11 Å². The lowest BCUT2D eigenvalue weighted by Crippen LogP contribution is -2.24. The van der Waals surface area contributed by atoms with Crippen LogP contribution < -0.4 is 5.32 Å². The van der Waals surface area contributed by atoms with E-state index in [0.29, 0.717) is 5.82 Å². The van der Waals surface area contributed by atoms with Crippen LogP contribution >= 0.6 is 11.8 Å². The molecular formula is C13H11N3O2S. The lowest BCUT2D eigenvalue weighted by atomic mass is 10.1. The van der Waals surface area contributed by atoms with Gasteiger partial charge in [0.15, 0.2) is 0 Å². The predicted octanol–water partition coefficient (Wildman–Crippen LogP) is 2.57. The van der Waals surface area contributed by atoms with Crippen LogP contribution in [0.3, 0.4) is 0 Å². The van der Waals surface area contributed by atoms with Crippen LogP contribution in [0.4, 0.5) is 5.82 Å². The zero-order valence-electron chi connectivity index (χ0n) is 10.1.